The van der Waals surface area contributed by atoms with Crippen molar-refractivity contribution in [3.8, 4) is 0 Å². The third-order valence-corrected chi connectivity index (χ3v) is 2.10. The average molecular weight is 203 g/mol. The monoisotopic (exact) mass is 203 g/mol. The number of carbonyl (C=O) groups is 1. The van der Waals surface area contributed by atoms with Gasteiger partial charge in [0.1, 0.15) is 6.04 Å². The molecule has 84 valence electrons. The van der Waals surface area contributed by atoms with Gasteiger partial charge in [0.15, 0.2) is 0 Å². The number of methoxy groups -OCH3 is 1. The Balaban J connectivity index is 3.50. The van der Waals surface area contributed by atoms with Crippen molar-refractivity contribution in [1.82, 2.24) is 0 Å². The standard InChI is InChI=1S/C10H23N2O2/c1-12(2,3)8-6-5-7-9(11)10(13)14-4/h9H,5-8,11H2,1-4H3/q+1/t9-/m0/s1. The molecule has 0 aliphatic heterocycles. The molecule has 0 aromatic carbocycles. The van der Waals surface area contributed by atoms with Gasteiger partial charge in [0.25, 0.3) is 0 Å². The minimum Gasteiger partial charge on any atom is -0.468 e. The lowest BCUT2D eigenvalue weighted by atomic mass is 10.1. The number of hydrogen-bond donors (Lipinski definition) is 1. The summed E-state index contributed by atoms with van der Waals surface area (Å²) in [5.74, 6) is -0.310. The quantitative estimate of drug-likeness (QED) is 0.385. The van der Waals surface area contributed by atoms with E-state index >= 15 is 0 Å². The Bertz CT molecular complexity index is 175. The molecule has 4 nitrogen and oxygen atoms in total. The summed E-state index contributed by atoms with van der Waals surface area (Å²) in [4.78, 5) is 11.0. The predicted octanol–water partition coefficient (Wildman–Crippen LogP) is 0.363. The van der Waals surface area contributed by atoms with E-state index in [-0.39, 0.29) is 5.97 Å². The average Bonchev–Trinajstić information content (AvgIpc) is 2.09. The van der Waals surface area contributed by atoms with Gasteiger partial charge in [0.2, 0.25) is 0 Å². The van der Waals surface area contributed by atoms with Crippen molar-refractivity contribution in [3.05, 3.63) is 0 Å². The highest BCUT2D eigenvalue weighted by Crippen LogP contribution is 2.03. The molecule has 0 unspecified atom stereocenters. The van der Waals surface area contributed by atoms with E-state index < -0.39 is 6.04 Å². The lowest BCUT2D eigenvalue weighted by Crippen LogP contribution is -2.36. The largest absolute Gasteiger partial charge is 0.468 e. The molecule has 0 bridgehead atoms. The van der Waals surface area contributed by atoms with Crippen LogP contribution in [0.15, 0.2) is 0 Å². The topological polar surface area (TPSA) is 52.3 Å². The number of rotatable bonds is 6. The first kappa shape index (κ1) is 13.4. The number of hydrogen-bond acceptors (Lipinski definition) is 3. The van der Waals surface area contributed by atoms with Crippen molar-refractivity contribution in [1.29, 1.82) is 0 Å². The highest BCUT2D eigenvalue weighted by atomic mass is 16.5. The van der Waals surface area contributed by atoms with Crippen molar-refractivity contribution < 1.29 is 14.0 Å². The number of esters is 1. The normalized spacial score (nSPS) is 13.8. The maximum atomic E-state index is 11.0. The summed E-state index contributed by atoms with van der Waals surface area (Å²) in [5, 5.41) is 0. The number of nitrogens with zero attached hydrogens (tertiary/aromatic N) is 1. The molecule has 0 saturated carbocycles. The van der Waals surface area contributed by atoms with Gasteiger partial charge in [-0.05, 0) is 19.3 Å². The Kier molecular flexibility index (Phi) is 5.72. The lowest BCUT2D eigenvalue weighted by Gasteiger charge is -2.23. The molecule has 0 aliphatic rings. The van der Waals surface area contributed by atoms with E-state index in [0.717, 1.165) is 23.9 Å². The van der Waals surface area contributed by atoms with Crippen LogP contribution < -0.4 is 5.73 Å². The third kappa shape index (κ3) is 6.86. The van der Waals surface area contributed by atoms with Crippen LogP contribution in [-0.2, 0) is 9.53 Å². The maximum Gasteiger partial charge on any atom is 0.322 e. The molecule has 0 spiro atoms. The Morgan fingerprint density at radius 1 is 1.36 bits per heavy atom. The molecule has 14 heavy (non-hydrogen) atoms. The third-order valence-electron chi connectivity index (χ3n) is 2.10. The van der Waals surface area contributed by atoms with Gasteiger partial charge in [-0.1, -0.05) is 0 Å². The number of ether oxygens (including phenoxy) is 1. The summed E-state index contributed by atoms with van der Waals surface area (Å²) in [6.07, 6.45) is 2.78. The fourth-order valence-electron chi connectivity index (χ4n) is 1.22. The highest BCUT2D eigenvalue weighted by molar-refractivity contribution is 5.75. The SMILES string of the molecule is COC(=O)[C@@H](N)CCCC[N+](C)(C)C. The summed E-state index contributed by atoms with van der Waals surface area (Å²) >= 11 is 0. The van der Waals surface area contributed by atoms with Gasteiger partial charge in [0, 0.05) is 0 Å². The van der Waals surface area contributed by atoms with Crippen molar-refractivity contribution in [3.63, 3.8) is 0 Å². The summed E-state index contributed by atoms with van der Waals surface area (Å²) in [7, 11) is 7.83. The van der Waals surface area contributed by atoms with Crippen molar-refractivity contribution >= 4 is 5.97 Å². The van der Waals surface area contributed by atoms with Crippen molar-refractivity contribution in [2.75, 3.05) is 34.8 Å². The van der Waals surface area contributed by atoms with E-state index in [0.29, 0.717) is 6.42 Å². The van der Waals surface area contributed by atoms with Crippen LogP contribution in [0.25, 0.3) is 0 Å². The Labute approximate surface area is 86.6 Å². The number of unbranched alkanes of at least 4 members (excludes halogenated alkanes) is 1. The fourth-order valence-corrected chi connectivity index (χ4v) is 1.22. The zero-order chi connectivity index (χ0) is 11.2. The first-order valence-electron chi connectivity index (χ1n) is 5.00. The van der Waals surface area contributed by atoms with E-state index in [1.807, 2.05) is 0 Å². The Hall–Kier alpha value is -0.610. The molecule has 1 atom stereocenters. The van der Waals surface area contributed by atoms with Crippen LogP contribution in [0.5, 0.6) is 0 Å². The summed E-state index contributed by atoms with van der Waals surface area (Å²) in [6.45, 7) is 1.11. The molecular formula is C10H23N2O2+. The molecule has 0 rings (SSSR count). The van der Waals surface area contributed by atoms with Gasteiger partial charge in [0.05, 0.1) is 34.8 Å². The van der Waals surface area contributed by atoms with Crippen LogP contribution in [0, 0.1) is 0 Å². The Morgan fingerprint density at radius 2 is 1.93 bits per heavy atom. The number of quaternary nitrogens is 1. The van der Waals surface area contributed by atoms with Gasteiger partial charge >= 0.3 is 5.97 Å². The second-order valence-electron chi connectivity index (χ2n) is 4.64. The zero-order valence-electron chi connectivity index (χ0n) is 9.75. The summed E-state index contributed by atoms with van der Waals surface area (Å²) < 4.78 is 5.49. The van der Waals surface area contributed by atoms with Gasteiger partial charge < -0.3 is 15.0 Å². The Morgan fingerprint density at radius 3 is 2.36 bits per heavy atom. The van der Waals surface area contributed by atoms with E-state index in [9.17, 15) is 4.79 Å². The van der Waals surface area contributed by atoms with Gasteiger partial charge in [-0.3, -0.25) is 4.79 Å². The van der Waals surface area contributed by atoms with Crippen LogP contribution in [0.1, 0.15) is 19.3 Å². The second-order valence-corrected chi connectivity index (χ2v) is 4.64. The van der Waals surface area contributed by atoms with E-state index in [1.165, 1.54) is 7.11 Å². The lowest BCUT2D eigenvalue weighted by molar-refractivity contribution is -0.870. The summed E-state index contributed by atoms with van der Waals surface area (Å²) in [6, 6.07) is -0.451. The second kappa shape index (κ2) is 5.98. The van der Waals surface area contributed by atoms with E-state index in [2.05, 4.69) is 25.9 Å². The van der Waals surface area contributed by atoms with Crippen LogP contribution in [0.3, 0.4) is 0 Å². The molecule has 2 N–H and O–H groups in total. The molecule has 0 radical (unpaired) electrons. The fraction of sp³-hybridized carbons (Fsp3) is 0.900. The zero-order valence-corrected chi connectivity index (χ0v) is 9.75. The van der Waals surface area contributed by atoms with Crippen LogP contribution in [0.4, 0.5) is 0 Å². The molecular weight excluding hydrogens is 180 g/mol. The molecule has 0 amide bonds. The molecule has 0 aromatic heterocycles. The molecule has 0 aliphatic carbocycles. The first-order chi connectivity index (χ1) is 6.37. The van der Waals surface area contributed by atoms with Gasteiger partial charge in [-0.2, -0.15) is 0 Å². The number of carbonyl (C=O) groups excluding carboxylic acids is 1. The van der Waals surface area contributed by atoms with E-state index in [1.54, 1.807) is 0 Å². The van der Waals surface area contributed by atoms with Crippen LogP contribution in [-0.4, -0.2) is 51.3 Å². The highest BCUT2D eigenvalue weighted by Gasteiger charge is 2.13. The number of nitrogens with two attached hydrogens (primary N) is 1. The van der Waals surface area contributed by atoms with Crippen LogP contribution >= 0.6 is 0 Å². The van der Waals surface area contributed by atoms with Crippen molar-refractivity contribution in [2.24, 2.45) is 5.73 Å². The molecule has 0 aromatic rings. The van der Waals surface area contributed by atoms with Crippen LogP contribution in [0.2, 0.25) is 0 Å². The first-order valence-corrected chi connectivity index (χ1v) is 5.00. The smallest absolute Gasteiger partial charge is 0.322 e. The summed E-state index contributed by atoms with van der Waals surface area (Å²) in [5.41, 5.74) is 5.60. The van der Waals surface area contributed by atoms with Gasteiger partial charge in [-0.15, -0.1) is 0 Å². The minimum atomic E-state index is -0.451. The molecule has 4 heteroatoms. The molecule has 0 heterocycles. The maximum absolute atomic E-state index is 11.0. The minimum absolute atomic E-state index is 0.310. The van der Waals surface area contributed by atoms with E-state index in [4.69, 9.17) is 5.73 Å². The molecule has 0 fully saturated rings. The molecule has 0 saturated heterocycles. The van der Waals surface area contributed by atoms with Crippen molar-refractivity contribution in [2.45, 2.75) is 25.3 Å². The van der Waals surface area contributed by atoms with Gasteiger partial charge in [-0.25, -0.2) is 0 Å². The predicted molar refractivity (Wildman–Crippen MR) is 56.7 cm³/mol.